The van der Waals surface area contributed by atoms with Gasteiger partial charge in [-0.2, -0.15) is 0 Å². The Morgan fingerprint density at radius 2 is 2.07 bits per heavy atom. The summed E-state index contributed by atoms with van der Waals surface area (Å²) < 4.78 is 0.878. The van der Waals surface area contributed by atoms with Gasteiger partial charge in [0.15, 0.2) is 0 Å². The van der Waals surface area contributed by atoms with Crippen molar-refractivity contribution in [2.75, 3.05) is 0 Å². The van der Waals surface area contributed by atoms with Crippen LogP contribution in [-0.2, 0) is 0 Å². The minimum Gasteiger partial charge on any atom is -0.324 e. The molecule has 15 heavy (non-hydrogen) atoms. The van der Waals surface area contributed by atoms with Gasteiger partial charge in [-0.3, -0.25) is 0 Å². The van der Waals surface area contributed by atoms with Crippen LogP contribution in [0, 0.1) is 5.92 Å². The van der Waals surface area contributed by atoms with Gasteiger partial charge in [-0.05, 0) is 52.4 Å². The van der Waals surface area contributed by atoms with E-state index in [4.69, 9.17) is 5.73 Å². The van der Waals surface area contributed by atoms with E-state index in [1.54, 1.807) is 0 Å². The van der Waals surface area contributed by atoms with Crippen LogP contribution in [0.5, 0.6) is 0 Å². The number of nitrogens with two attached hydrogens (primary N) is 1. The Hall–Kier alpha value is -0.120. The lowest BCUT2D eigenvalue weighted by molar-refractivity contribution is 0.444. The molecule has 0 amide bonds. The summed E-state index contributed by atoms with van der Waals surface area (Å²) in [4.78, 5) is 4.11. The van der Waals surface area contributed by atoms with Gasteiger partial charge in [0.1, 0.15) is 4.60 Å². The topological polar surface area (TPSA) is 38.9 Å². The maximum Gasteiger partial charge on any atom is 0.106 e. The van der Waals surface area contributed by atoms with Gasteiger partial charge in [0, 0.05) is 12.2 Å². The van der Waals surface area contributed by atoms with Crippen LogP contribution >= 0.6 is 28.3 Å². The normalized spacial score (nSPS) is 18.5. The number of pyridine rings is 1. The molecular formula is C11H16BrClN2. The lowest BCUT2D eigenvalue weighted by Gasteiger charge is -2.18. The van der Waals surface area contributed by atoms with Crippen LogP contribution in [-0.4, -0.2) is 4.98 Å². The van der Waals surface area contributed by atoms with Crippen LogP contribution in [0.15, 0.2) is 22.9 Å². The second-order valence-corrected chi connectivity index (χ2v) is 4.79. The van der Waals surface area contributed by atoms with Crippen LogP contribution in [0.2, 0.25) is 0 Å². The molecule has 1 fully saturated rings. The summed E-state index contributed by atoms with van der Waals surface area (Å²) in [5.74, 6) is 0.671. The molecule has 0 aromatic carbocycles. The Kier molecular flexibility index (Phi) is 5.03. The summed E-state index contributed by atoms with van der Waals surface area (Å²) in [6.45, 7) is 0. The van der Waals surface area contributed by atoms with Crippen molar-refractivity contribution in [3.05, 3.63) is 28.5 Å². The zero-order chi connectivity index (χ0) is 9.97. The summed E-state index contributed by atoms with van der Waals surface area (Å²) in [6, 6.07) is 4.24. The summed E-state index contributed by atoms with van der Waals surface area (Å²) >= 11 is 3.37. The maximum atomic E-state index is 6.22. The third kappa shape index (κ3) is 3.16. The zero-order valence-corrected chi connectivity index (χ0v) is 10.9. The van der Waals surface area contributed by atoms with Crippen molar-refractivity contribution < 1.29 is 0 Å². The fraction of sp³-hybridized carbons (Fsp3) is 0.545. The fourth-order valence-corrected chi connectivity index (χ4v) is 2.60. The van der Waals surface area contributed by atoms with Gasteiger partial charge in [0.25, 0.3) is 0 Å². The Labute approximate surface area is 105 Å². The Bertz CT molecular complexity index is 313. The number of aromatic nitrogens is 1. The first-order valence-electron chi connectivity index (χ1n) is 5.14. The highest BCUT2D eigenvalue weighted by Crippen LogP contribution is 2.34. The molecule has 1 atom stereocenters. The fourth-order valence-electron chi connectivity index (χ4n) is 2.21. The highest BCUT2D eigenvalue weighted by atomic mass is 79.9. The van der Waals surface area contributed by atoms with E-state index in [1.165, 1.54) is 31.2 Å². The highest BCUT2D eigenvalue weighted by Gasteiger charge is 2.23. The quantitative estimate of drug-likeness (QED) is 0.848. The van der Waals surface area contributed by atoms with Crippen LogP contribution in [0.3, 0.4) is 0 Å². The van der Waals surface area contributed by atoms with Crippen molar-refractivity contribution in [2.24, 2.45) is 11.7 Å². The zero-order valence-electron chi connectivity index (χ0n) is 8.53. The number of halogens is 2. The van der Waals surface area contributed by atoms with E-state index >= 15 is 0 Å². The lowest BCUT2D eigenvalue weighted by Crippen LogP contribution is -2.19. The number of nitrogens with zero attached hydrogens (tertiary/aromatic N) is 1. The second kappa shape index (κ2) is 5.83. The number of rotatable bonds is 2. The third-order valence-corrected chi connectivity index (χ3v) is 3.48. The van der Waals surface area contributed by atoms with Crippen LogP contribution < -0.4 is 5.73 Å². The molecular weight excluding hydrogens is 275 g/mol. The highest BCUT2D eigenvalue weighted by molar-refractivity contribution is 9.10. The molecule has 1 saturated carbocycles. The number of hydrogen-bond donors (Lipinski definition) is 1. The summed E-state index contributed by atoms with van der Waals surface area (Å²) in [7, 11) is 0. The first-order chi connectivity index (χ1) is 6.77. The molecule has 1 heterocycles. The van der Waals surface area contributed by atoms with E-state index < -0.39 is 0 Å². The van der Waals surface area contributed by atoms with Crippen molar-refractivity contribution >= 4 is 28.3 Å². The minimum atomic E-state index is 0. The van der Waals surface area contributed by atoms with E-state index in [2.05, 4.69) is 20.9 Å². The van der Waals surface area contributed by atoms with Crippen molar-refractivity contribution in [2.45, 2.75) is 31.7 Å². The van der Waals surface area contributed by atoms with E-state index in [0.29, 0.717) is 5.92 Å². The predicted molar refractivity (Wildman–Crippen MR) is 68.1 cm³/mol. The molecule has 2 nitrogen and oxygen atoms in total. The molecule has 1 aromatic heterocycles. The molecule has 0 bridgehead atoms. The second-order valence-electron chi connectivity index (χ2n) is 3.98. The monoisotopic (exact) mass is 290 g/mol. The van der Waals surface area contributed by atoms with Crippen LogP contribution in [0.4, 0.5) is 0 Å². The molecule has 4 heteroatoms. The van der Waals surface area contributed by atoms with E-state index in [1.807, 2.05) is 18.3 Å². The molecule has 2 rings (SSSR count). The van der Waals surface area contributed by atoms with Crippen molar-refractivity contribution in [1.29, 1.82) is 0 Å². The molecule has 0 spiro atoms. The van der Waals surface area contributed by atoms with E-state index in [9.17, 15) is 0 Å². The predicted octanol–water partition coefficient (Wildman–Crippen LogP) is 3.46. The molecule has 84 valence electrons. The van der Waals surface area contributed by atoms with Crippen LogP contribution in [0.25, 0.3) is 0 Å². The van der Waals surface area contributed by atoms with Crippen molar-refractivity contribution in [3.8, 4) is 0 Å². The molecule has 0 saturated heterocycles. The average molecular weight is 292 g/mol. The van der Waals surface area contributed by atoms with Gasteiger partial charge < -0.3 is 5.73 Å². The molecule has 0 unspecified atom stereocenters. The van der Waals surface area contributed by atoms with Gasteiger partial charge in [-0.1, -0.05) is 12.8 Å². The number of hydrogen-bond acceptors (Lipinski definition) is 2. The summed E-state index contributed by atoms with van der Waals surface area (Å²) in [5.41, 5.74) is 7.43. The Balaban J connectivity index is 0.00000112. The van der Waals surface area contributed by atoms with Gasteiger partial charge >= 0.3 is 0 Å². The molecule has 0 aliphatic heterocycles. The summed E-state index contributed by atoms with van der Waals surface area (Å²) in [6.07, 6.45) is 7.05. The smallest absolute Gasteiger partial charge is 0.106 e. The molecule has 2 N–H and O–H groups in total. The molecule has 1 aliphatic carbocycles. The standard InChI is InChI=1S/C11H15BrN2.ClH/c12-10-7-9(5-6-14-10)11(13)8-3-1-2-4-8;/h5-8,11H,1-4,13H2;1H/t11-;/m1./s1. The van der Waals surface area contributed by atoms with E-state index in [0.717, 1.165) is 4.60 Å². The van der Waals surface area contributed by atoms with E-state index in [-0.39, 0.29) is 18.4 Å². The third-order valence-electron chi connectivity index (χ3n) is 3.04. The molecule has 1 aliphatic rings. The van der Waals surface area contributed by atoms with Gasteiger partial charge in [-0.15, -0.1) is 12.4 Å². The SMILES string of the molecule is Cl.N[C@@H](c1ccnc(Br)c1)C1CCCC1. The first-order valence-corrected chi connectivity index (χ1v) is 5.93. The first kappa shape index (κ1) is 12.9. The van der Waals surface area contributed by atoms with Gasteiger partial charge in [-0.25, -0.2) is 4.98 Å². The van der Waals surface area contributed by atoms with Crippen molar-refractivity contribution in [3.63, 3.8) is 0 Å². The largest absolute Gasteiger partial charge is 0.324 e. The van der Waals surface area contributed by atoms with Crippen molar-refractivity contribution in [1.82, 2.24) is 4.98 Å². The lowest BCUT2D eigenvalue weighted by atomic mass is 9.93. The maximum absolute atomic E-state index is 6.22. The van der Waals surface area contributed by atoms with Gasteiger partial charge in [0.2, 0.25) is 0 Å². The summed E-state index contributed by atoms with van der Waals surface area (Å²) in [5, 5.41) is 0. The molecule has 1 aromatic rings. The van der Waals surface area contributed by atoms with Gasteiger partial charge in [0.05, 0.1) is 0 Å². The van der Waals surface area contributed by atoms with Crippen LogP contribution in [0.1, 0.15) is 37.3 Å². The Morgan fingerprint density at radius 3 is 2.67 bits per heavy atom. The molecule has 0 radical (unpaired) electrons. The minimum absolute atomic E-state index is 0. The Morgan fingerprint density at radius 1 is 1.40 bits per heavy atom. The average Bonchev–Trinajstić information content (AvgIpc) is 2.69.